The summed E-state index contributed by atoms with van der Waals surface area (Å²) in [5.74, 6) is 0.0162. The van der Waals surface area contributed by atoms with Gasteiger partial charge in [-0.25, -0.2) is 0 Å². The van der Waals surface area contributed by atoms with Gasteiger partial charge in [0.25, 0.3) is 0 Å². The van der Waals surface area contributed by atoms with Gasteiger partial charge in [0.15, 0.2) is 6.29 Å². The number of likely N-dealkylation sites (N-methyl/N-ethyl adjacent to an activating group) is 2. The van der Waals surface area contributed by atoms with Gasteiger partial charge in [0, 0.05) is 12.6 Å². The highest BCUT2D eigenvalue weighted by Crippen LogP contribution is 2.14. The van der Waals surface area contributed by atoms with Crippen molar-refractivity contribution in [3.63, 3.8) is 0 Å². The van der Waals surface area contributed by atoms with E-state index in [1.807, 2.05) is 26.8 Å². The van der Waals surface area contributed by atoms with Gasteiger partial charge in [-0.15, -0.1) is 0 Å². The zero-order valence-electron chi connectivity index (χ0n) is 12.2. The molecular weight excluding hydrogens is 264 g/mol. The van der Waals surface area contributed by atoms with Crippen LogP contribution in [0.15, 0.2) is 18.2 Å². The summed E-state index contributed by atoms with van der Waals surface area (Å²) in [6.45, 7) is 6.33. The van der Waals surface area contributed by atoms with Crippen LogP contribution in [0.4, 0.5) is 0 Å². The van der Waals surface area contributed by atoms with Crippen LogP contribution in [0.25, 0.3) is 0 Å². The third-order valence-corrected chi connectivity index (χ3v) is 2.23. The van der Waals surface area contributed by atoms with Crippen LogP contribution >= 0.6 is 11.6 Å². The van der Waals surface area contributed by atoms with Gasteiger partial charge in [0.2, 0.25) is 5.91 Å². The number of amides is 1. The number of aldehydes is 1. The van der Waals surface area contributed by atoms with Gasteiger partial charge < -0.3 is 10.6 Å². The Morgan fingerprint density at radius 2 is 1.89 bits per heavy atom. The molecule has 5 heteroatoms. The molecule has 1 rings (SSSR count). The molecule has 0 atom stereocenters. The lowest BCUT2D eigenvalue weighted by Crippen LogP contribution is -2.28. The van der Waals surface area contributed by atoms with Crippen molar-refractivity contribution in [1.29, 1.82) is 0 Å². The highest BCUT2D eigenvalue weighted by atomic mass is 35.5. The van der Waals surface area contributed by atoms with E-state index in [1.54, 1.807) is 26.2 Å². The number of nitrogens with one attached hydrogen (secondary N) is 2. The lowest BCUT2D eigenvalue weighted by molar-refractivity contribution is -0.119. The first-order valence-corrected chi connectivity index (χ1v) is 6.49. The van der Waals surface area contributed by atoms with Gasteiger partial charge in [-0.2, -0.15) is 0 Å². The van der Waals surface area contributed by atoms with E-state index in [0.717, 1.165) is 11.8 Å². The van der Waals surface area contributed by atoms with E-state index in [1.165, 1.54) is 0 Å². The summed E-state index contributed by atoms with van der Waals surface area (Å²) in [5.41, 5.74) is 1.61. The molecule has 0 aliphatic carbocycles. The zero-order valence-corrected chi connectivity index (χ0v) is 13.0. The fourth-order valence-electron chi connectivity index (χ4n) is 0.977. The Bertz CT molecular complexity index is 382. The summed E-state index contributed by atoms with van der Waals surface area (Å²) < 4.78 is 0. The molecule has 2 N–H and O–H groups in total. The molecule has 0 aliphatic rings. The summed E-state index contributed by atoms with van der Waals surface area (Å²) in [5, 5.41) is 5.69. The Morgan fingerprint density at radius 3 is 2.21 bits per heavy atom. The second-order valence-corrected chi connectivity index (χ2v) is 3.75. The van der Waals surface area contributed by atoms with Crippen molar-refractivity contribution in [2.45, 2.75) is 20.8 Å². The summed E-state index contributed by atoms with van der Waals surface area (Å²) in [4.78, 5) is 20.5. The van der Waals surface area contributed by atoms with Crippen LogP contribution in [0.2, 0.25) is 5.02 Å². The van der Waals surface area contributed by atoms with E-state index in [0.29, 0.717) is 17.1 Å². The molecule has 1 amide bonds. The molecule has 0 unspecified atom stereocenters. The molecule has 0 fully saturated rings. The number of carbonyl (C=O) groups is 2. The van der Waals surface area contributed by atoms with Crippen LogP contribution in [0.5, 0.6) is 0 Å². The molecule has 19 heavy (non-hydrogen) atoms. The van der Waals surface area contributed by atoms with Crippen molar-refractivity contribution in [3.8, 4) is 0 Å². The van der Waals surface area contributed by atoms with Crippen molar-refractivity contribution >= 4 is 23.8 Å². The molecule has 4 nitrogen and oxygen atoms in total. The standard InChI is InChI=1S/C8H7ClO.C4H10N2O.C2H6/c1-6-2-3-7(5-10)8(9)4-6;1-5-3-4(7)6-2;1-2/h2-5H,1H3;5H,3H2,1-2H3,(H,6,7);1-2H3. The van der Waals surface area contributed by atoms with Crippen molar-refractivity contribution in [2.24, 2.45) is 0 Å². The van der Waals surface area contributed by atoms with E-state index in [4.69, 9.17) is 11.6 Å². The number of halogens is 1. The number of hydrogen-bond donors (Lipinski definition) is 2. The van der Waals surface area contributed by atoms with Crippen LogP contribution in [0, 0.1) is 6.92 Å². The molecule has 0 saturated heterocycles. The summed E-state index contributed by atoms with van der Waals surface area (Å²) >= 11 is 5.70. The van der Waals surface area contributed by atoms with E-state index in [-0.39, 0.29) is 5.91 Å². The maximum Gasteiger partial charge on any atom is 0.233 e. The van der Waals surface area contributed by atoms with E-state index >= 15 is 0 Å². The van der Waals surface area contributed by atoms with Gasteiger partial charge in [-0.3, -0.25) is 9.59 Å². The van der Waals surface area contributed by atoms with Crippen LogP contribution in [0.1, 0.15) is 29.8 Å². The molecule has 0 aromatic heterocycles. The SMILES string of the molecule is CC.CNCC(=O)NC.Cc1ccc(C=O)c(Cl)c1. The van der Waals surface area contributed by atoms with Crippen LogP contribution in [-0.4, -0.2) is 32.8 Å². The molecule has 1 aromatic carbocycles. The maximum absolute atomic E-state index is 10.3. The molecule has 0 heterocycles. The monoisotopic (exact) mass is 286 g/mol. The Hall–Kier alpha value is -1.39. The summed E-state index contributed by atoms with van der Waals surface area (Å²) in [6, 6.07) is 5.34. The average molecular weight is 287 g/mol. The Labute approximate surface area is 120 Å². The van der Waals surface area contributed by atoms with Crippen LogP contribution in [-0.2, 0) is 4.79 Å². The first-order valence-electron chi connectivity index (χ1n) is 6.11. The predicted octanol–water partition coefficient (Wildman–Crippen LogP) is 2.44. The third kappa shape index (κ3) is 10.2. The molecular formula is C14H23ClN2O2. The number of hydrogen-bond acceptors (Lipinski definition) is 3. The molecule has 0 spiro atoms. The lowest BCUT2D eigenvalue weighted by Gasteiger charge is -1.95. The normalized spacial score (nSPS) is 8.32. The molecule has 0 saturated carbocycles. The second kappa shape index (κ2) is 13.1. The Morgan fingerprint density at radius 1 is 1.32 bits per heavy atom. The second-order valence-electron chi connectivity index (χ2n) is 3.35. The largest absolute Gasteiger partial charge is 0.358 e. The number of benzene rings is 1. The van der Waals surface area contributed by atoms with Gasteiger partial charge >= 0.3 is 0 Å². The van der Waals surface area contributed by atoms with E-state index < -0.39 is 0 Å². The fourth-order valence-corrected chi connectivity index (χ4v) is 1.26. The molecule has 0 radical (unpaired) electrons. The van der Waals surface area contributed by atoms with E-state index in [2.05, 4.69) is 10.6 Å². The first kappa shape index (κ1) is 19.9. The highest BCUT2D eigenvalue weighted by Gasteiger charge is 1.96. The van der Waals surface area contributed by atoms with Crippen molar-refractivity contribution in [2.75, 3.05) is 20.6 Å². The number of rotatable bonds is 3. The summed E-state index contributed by atoms with van der Waals surface area (Å²) in [7, 11) is 3.34. The van der Waals surface area contributed by atoms with E-state index in [9.17, 15) is 9.59 Å². The average Bonchev–Trinajstić information content (AvgIpc) is 2.42. The van der Waals surface area contributed by atoms with Crippen molar-refractivity contribution in [3.05, 3.63) is 34.3 Å². The minimum atomic E-state index is 0.0162. The Kier molecular flexibility index (Phi) is 13.7. The highest BCUT2D eigenvalue weighted by molar-refractivity contribution is 6.33. The third-order valence-electron chi connectivity index (χ3n) is 1.90. The topological polar surface area (TPSA) is 58.2 Å². The minimum Gasteiger partial charge on any atom is -0.358 e. The van der Waals surface area contributed by atoms with Gasteiger partial charge in [0.1, 0.15) is 0 Å². The molecule has 0 aliphatic heterocycles. The minimum absolute atomic E-state index is 0.0162. The number of aryl methyl sites for hydroxylation is 1. The van der Waals surface area contributed by atoms with Crippen LogP contribution < -0.4 is 10.6 Å². The van der Waals surface area contributed by atoms with Gasteiger partial charge in [-0.05, 0) is 31.7 Å². The first-order chi connectivity index (χ1) is 9.04. The quantitative estimate of drug-likeness (QED) is 0.839. The molecule has 108 valence electrons. The zero-order chi connectivity index (χ0) is 15.3. The van der Waals surface area contributed by atoms with Crippen molar-refractivity contribution < 1.29 is 9.59 Å². The fraction of sp³-hybridized carbons (Fsp3) is 0.429. The lowest BCUT2D eigenvalue weighted by atomic mass is 10.2. The molecule has 1 aromatic rings. The van der Waals surface area contributed by atoms with Crippen molar-refractivity contribution in [1.82, 2.24) is 10.6 Å². The van der Waals surface area contributed by atoms with Gasteiger partial charge in [-0.1, -0.05) is 31.5 Å². The summed E-state index contributed by atoms with van der Waals surface area (Å²) in [6.07, 6.45) is 0.752. The van der Waals surface area contributed by atoms with Crippen LogP contribution in [0.3, 0.4) is 0 Å². The smallest absolute Gasteiger partial charge is 0.233 e. The predicted molar refractivity (Wildman–Crippen MR) is 80.9 cm³/mol. The van der Waals surface area contributed by atoms with Gasteiger partial charge in [0.05, 0.1) is 11.6 Å². The maximum atomic E-state index is 10.3. The molecule has 0 bridgehead atoms. The Balaban J connectivity index is 0. The number of carbonyl (C=O) groups excluding carboxylic acids is 2.